The molecule has 13 rings (SSSR count). The molecule has 0 radical (unpaired) electrons. The third-order valence-corrected chi connectivity index (χ3v) is 12.3. The van der Waals surface area contributed by atoms with Gasteiger partial charge in [-0.15, -0.1) is 0 Å². The smallest absolute Gasteiger partial charge is 0.143 e. The lowest BCUT2D eigenvalue weighted by molar-refractivity contribution is 0.670. The number of hydrogen-bond acceptors (Lipinski definition) is 1. The van der Waals surface area contributed by atoms with Crippen molar-refractivity contribution < 1.29 is 4.42 Å². The van der Waals surface area contributed by atoms with Gasteiger partial charge in [0.2, 0.25) is 0 Å². The molecule has 0 fully saturated rings. The summed E-state index contributed by atoms with van der Waals surface area (Å²) in [5.74, 6) is 0. The van der Waals surface area contributed by atoms with E-state index in [9.17, 15) is 0 Å². The summed E-state index contributed by atoms with van der Waals surface area (Å²) >= 11 is 0. The van der Waals surface area contributed by atoms with E-state index in [4.69, 9.17) is 4.42 Å². The Kier molecular flexibility index (Phi) is 5.69. The Morgan fingerprint density at radius 2 is 0.709 bits per heavy atom. The molecule has 0 amide bonds. The first-order valence-electron chi connectivity index (χ1n) is 19.1. The molecular weight excluding hydrogens is 665 g/mol. The van der Waals surface area contributed by atoms with Gasteiger partial charge in [-0.3, -0.25) is 0 Å². The molecule has 0 N–H and O–H groups in total. The molecular formula is C54H30O. The van der Waals surface area contributed by atoms with E-state index in [1.165, 1.54) is 103 Å². The SMILES string of the molecule is c1ccc(-c2ccc3ccc4c(-c5ccc(-c6ccc7ccc8cccc9ccc6c7c89)c6oc7cc8ccccc8cc7c56)ccc5ccc2c3c54)cc1. The number of furan rings is 1. The maximum atomic E-state index is 7.09. The van der Waals surface area contributed by atoms with Gasteiger partial charge in [0.1, 0.15) is 11.2 Å². The third kappa shape index (κ3) is 3.97. The van der Waals surface area contributed by atoms with Crippen LogP contribution in [0.5, 0.6) is 0 Å². The molecule has 0 spiro atoms. The summed E-state index contributed by atoms with van der Waals surface area (Å²) in [6, 6.07) is 67.3. The topological polar surface area (TPSA) is 13.1 Å². The summed E-state index contributed by atoms with van der Waals surface area (Å²) < 4.78 is 7.09. The Balaban J connectivity index is 1.14. The Hall–Kier alpha value is -7.22. The van der Waals surface area contributed by atoms with Crippen molar-refractivity contribution in [2.75, 3.05) is 0 Å². The van der Waals surface area contributed by atoms with Crippen LogP contribution in [0.15, 0.2) is 186 Å². The number of fused-ring (bicyclic) bond motifs is 4. The van der Waals surface area contributed by atoms with Crippen molar-refractivity contribution in [2.45, 2.75) is 0 Å². The minimum Gasteiger partial charge on any atom is -0.455 e. The van der Waals surface area contributed by atoms with Crippen LogP contribution in [0, 0.1) is 0 Å². The lowest BCUT2D eigenvalue weighted by atomic mass is 9.85. The summed E-state index contributed by atoms with van der Waals surface area (Å²) in [5, 5.41) is 20.1. The van der Waals surface area contributed by atoms with E-state index in [0.29, 0.717) is 0 Å². The molecule has 252 valence electrons. The van der Waals surface area contributed by atoms with Crippen LogP contribution in [0.1, 0.15) is 0 Å². The van der Waals surface area contributed by atoms with Gasteiger partial charge in [0.25, 0.3) is 0 Å². The predicted molar refractivity (Wildman–Crippen MR) is 235 cm³/mol. The zero-order valence-electron chi connectivity index (χ0n) is 29.7. The van der Waals surface area contributed by atoms with Crippen LogP contribution in [0.4, 0.5) is 0 Å². The Morgan fingerprint density at radius 3 is 1.38 bits per heavy atom. The highest BCUT2D eigenvalue weighted by molar-refractivity contribution is 6.30. The maximum Gasteiger partial charge on any atom is 0.143 e. The van der Waals surface area contributed by atoms with Gasteiger partial charge in [-0.1, -0.05) is 164 Å². The van der Waals surface area contributed by atoms with Gasteiger partial charge < -0.3 is 4.42 Å². The minimum absolute atomic E-state index is 0.908. The highest BCUT2D eigenvalue weighted by atomic mass is 16.3. The average molecular weight is 695 g/mol. The van der Waals surface area contributed by atoms with E-state index < -0.39 is 0 Å². The zero-order valence-corrected chi connectivity index (χ0v) is 29.7. The predicted octanol–water partition coefficient (Wildman–Crippen LogP) is 15.5. The van der Waals surface area contributed by atoms with Crippen LogP contribution in [0.2, 0.25) is 0 Å². The second-order valence-electron chi connectivity index (χ2n) is 15.1. The van der Waals surface area contributed by atoms with Gasteiger partial charge in [0.05, 0.1) is 0 Å². The Bertz CT molecular complexity index is 3680. The van der Waals surface area contributed by atoms with Crippen LogP contribution < -0.4 is 0 Å². The van der Waals surface area contributed by atoms with E-state index in [1.54, 1.807) is 0 Å². The van der Waals surface area contributed by atoms with E-state index >= 15 is 0 Å². The highest BCUT2D eigenvalue weighted by Gasteiger charge is 2.22. The number of benzene rings is 12. The Morgan fingerprint density at radius 1 is 0.255 bits per heavy atom. The molecule has 55 heavy (non-hydrogen) atoms. The molecule has 0 bridgehead atoms. The van der Waals surface area contributed by atoms with Gasteiger partial charge in [-0.2, -0.15) is 0 Å². The van der Waals surface area contributed by atoms with Gasteiger partial charge in [0, 0.05) is 16.3 Å². The molecule has 1 heteroatoms. The summed E-state index contributed by atoms with van der Waals surface area (Å²) in [6.45, 7) is 0. The zero-order chi connectivity index (χ0) is 35.8. The monoisotopic (exact) mass is 694 g/mol. The lowest BCUT2D eigenvalue weighted by Crippen LogP contribution is -1.91. The van der Waals surface area contributed by atoms with Gasteiger partial charge >= 0.3 is 0 Å². The van der Waals surface area contributed by atoms with Gasteiger partial charge in [-0.25, -0.2) is 0 Å². The normalized spacial score (nSPS) is 12.4. The Labute approximate surface area is 315 Å². The molecule has 1 nitrogen and oxygen atoms in total. The van der Waals surface area contributed by atoms with Crippen molar-refractivity contribution in [1.82, 2.24) is 0 Å². The van der Waals surface area contributed by atoms with E-state index in [-0.39, 0.29) is 0 Å². The first kappa shape index (κ1) is 29.3. The summed E-state index contributed by atoms with van der Waals surface area (Å²) in [7, 11) is 0. The van der Waals surface area contributed by atoms with E-state index in [1.807, 2.05) is 0 Å². The molecule has 13 aromatic rings. The van der Waals surface area contributed by atoms with Crippen molar-refractivity contribution in [2.24, 2.45) is 0 Å². The summed E-state index contributed by atoms with van der Waals surface area (Å²) in [6.07, 6.45) is 0. The molecule has 0 saturated heterocycles. The molecule has 0 unspecified atom stereocenters. The molecule has 0 aliphatic carbocycles. The third-order valence-electron chi connectivity index (χ3n) is 12.3. The van der Waals surface area contributed by atoms with Crippen LogP contribution in [-0.4, -0.2) is 0 Å². The van der Waals surface area contributed by atoms with Crippen LogP contribution in [0.3, 0.4) is 0 Å². The molecule has 0 saturated carbocycles. The van der Waals surface area contributed by atoms with E-state index in [2.05, 4.69) is 182 Å². The number of rotatable bonds is 3. The summed E-state index contributed by atoms with van der Waals surface area (Å²) in [5.41, 5.74) is 9.04. The average Bonchev–Trinajstić information content (AvgIpc) is 3.62. The van der Waals surface area contributed by atoms with E-state index in [0.717, 1.165) is 27.5 Å². The molecule has 12 aromatic carbocycles. The first-order chi connectivity index (χ1) is 27.3. The van der Waals surface area contributed by atoms with Crippen molar-refractivity contribution >= 4 is 97.3 Å². The fourth-order valence-electron chi connectivity index (χ4n) is 9.88. The molecule has 1 aromatic heterocycles. The second kappa shape index (κ2) is 10.7. The van der Waals surface area contributed by atoms with Gasteiger partial charge in [-0.05, 0) is 121 Å². The fraction of sp³-hybridized carbons (Fsp3) is 0. The van der Waals surface area contributed by atoms with Crippen molar-refractivity contribution in [1.29, 1.82) is 0 Å². The number of hydrogen-bond donors (Lipinski definition) is 0. The highest BCUT2D eigenvalue weighted by Crippen LogP contribution is 2.49. The van der Waals surface area contributed by atoms with Crippen LogP contribution in [0.25, 0.3) is 131 Å². The molecule has 0 aliphatic heterocycles. The summed E-state index contributed by atoms with van der Waals surface area (Å²) in [4.78, 5) is 0. The molecule has 1 heterocycles. The standard InChI is InChI=1S/C54H30O/c1-2-7-31(8-3-1)39-21-15-35-20-26-43-40(22-16-36-19-24-42(39)51(35)52(36)43)45-27-28-46(54-53(45)47-29-37-9-4-5-10-38(37)30-48(47)55-54)41-23-17-34-14-13-32-11-6-12-33-18-25-44(41)50(34)49(32)33/h1-30H. The van der Waals surface area contributed by atoms with Crippen molar-refractivity contribution in [3.05, 3.63) is 182 Å². The molecule has 0 aliphatic rings. The molecule has 0 atom stereocenters. The fourth-order valence-corrected chi connectivity index (χ4v) is 9.88. The van der Waals surface area contributed by atoms with Gasteiger partial charge in [0.15, 0.2) is 0 Å². The quantitative estimate of drug-likeness (QED) is 0.168. The van der Waals surface area contributed by atoms with Crippen LogP contribution in [-0.2, 0) is 0 Å². The second-order valence-corrected chi connectivity index (χ2v) is 15.1. The first-order valence-corrected chi connectivity index (χ1v) is 19.1. The van der Waals surface area contributed by atoms with Crippen molar-refractivity contribution in [3.8, 4) is 33.4 Å². The largest absolute Gasteiger partial charge is 0.455 e. The van der Waals surface area contributed by atoms with Crippen molar-refractivity contribution in [3.63, 3.8) is 0 Å². The lowest BCUT2D eigenvalue weighted by Gasteiger charge is -2.18. The van der Waals surface area contributed by atoms with Crippen LogP contribution >= 0.6 is 0 Å². The maximum absolute atomic E-state index is 7.09. The minimum atomic E-state index is 0.908.